The molecule has 3 heterocycles. The predicted octanol–water partition coefficient (Wildman–Crippen LogP) is 5.86. The van der Waals surface area contributed by atoms with Gasteiger partial charge in [-0.15, -0.1) is 0 Å². The summed E-state index contributed by atoms with van der Waals surface area (Å²) in [5, 5.41) is 3.50. The highest BCUT2D eigenvalue weighted by Gasteiger charge is 2.21. The molecule has 0 spiro atoms. The Morgan fingerprint density at radius 2 is 1.86 bits per heavy atom. The zero-order valence-corrected chi connectivity index (χ0v) is 21.3. The molecule has 0 aliphatic carbocycles. The van der Waals surface area contributed by atoms with E-state index in [-0.39, 0.29) is 11.6 Å². The molecule has 1 aliphatic rings. The maximum Gasteiger partial charge on any atom is 0.224 e. The third-order valence-electron chi connectivity index (χ3n) is 6.66. The van der Waals surface area contributed by atoms with Gasteiger partial charge in [0.25, 0.3) is 0 Å². The lowest BCUT2D eigenvalue weighted by Gasteiger charge is -2.30. The molecule has 3 N–H and O–H groups in total. The Hall–Kier alpha value is -3.77. The average Bonchev–Trinajstić information content (AvgIpc) is 2.88. The summed E-state index contributed by atoms with van der Waals surface area (Å²) in [6.45, 7) is 7.14. The number of benzene rings is 2. The van der Waals surface area contributed by atoms with Crippen molar-refractivity contribution in [2.45, 2.75) is 51.6 Å². The molecule has 0 bridgehead atoms. The van der Waals surface area contributed by atoms with Gasteiger partial charge in [0.05, 0.1) is 5.69 Å². The Morgan fingerprint density at radius 1 is 1.03 bits per heavy atom. The first-order chi connectivity index (χ1) is 17.4. The smallest absolute Gasteiger partial charge is 0.224 e. The van der Waals surface area contributed by atoms with Crippen molar-refractivity contribution in [3.63, 3.8) is 0 Å². The van der Waals surface area contributed by atoms with Crippen molar-refractivity contribution >= 4 is 17.5 Å². The largest absolute Gasteiger partial charge is 0.351 e. The summed E-state index contributed by atoms with van der Waals surface area (Å²) >= 11 is 0. The molecule has 6 heteroatoms. The van der Waals surface area contributed by atoms with Gasteiger partial charge in [-0.25, -0.2) is 4.98 Å². The molecular weight excluding hydrogens is 444 g/mol. The van der Waals surface area contributed by atoms with Gasteiger partial charge in [0, 0.05) is 41.8 Å². The monoisotopic (exact) mass is 478 g/mol. The van der Waals surface area contributed by atoms with Crippen molar-refractivity contribution in [1.29, 1.82) is 0 Å². The van der Waals surface area contributed by atoms with E-state index in [1.807, 2.05) is 50.5 Å². The molecule has 0 saturated heterocycles. The van der Waals surface area contributed by atoms with Crippen molar-refractivity contribution in [2.75, 3.05) is 16.8 Å². The van der Waals surface area contributed by atoms with Crippen molar-refractivity contribution in [3.8, 4) is 11.3 Å². The van der Waals surface area contributed by atoms with Crippen LogP contribution in [0.3, 0.4) is 0 Å². The highest BCUT2D eigenvalue weighted by atomic mass is 15.2. The molecule has 2 aromatic carbocycles. The fourth-order valence-corrected chi connectivity index (χ4v) is 4.76. The van der Waals surface area contributed by atoms with Gasteiger partial charge in [0.1, 0.15) is 5.82 Å². The number of rotatable bonds is 7. The van der Waals surface area contributed by atoms with Gasteiger partial charge in [0.2, 0.25) is 5.95 Å². The van der Waals surface area contributed by atoms with Crippen LogP contribution in [-0.2, 0) is 18.4 Å². The van der Waals surface area contributed by atoms with E-state index in [1.54, 1.807) is 0 Å². The molecule has 1 aliphatic heterocycles. The molecule has 184 valence electrons. The van der Waals surface area contributed by atoms with Crippen LogP contribution in [0.1, 0.15) is 43.9 Å². The van der Waals surface area contributed by atoms with Crippen molar-refractivity contribution in [2.24, 2.45) is 5.73 Å². The van der Waals surface area contributed by atoms with Crippen LogP contribution in [0.4, 0.5) is 17.5 Å². The normalized spacial score (nSPS) is 14.3. The molecule has 0 amide bonds. The maximum atomic E-state index is 6.30. The first kappa shape index (κ1) is 23.9. The number of nitrogens with two attached hydrogens (primary N) is 1. The summed E-state index contributed by atoms with van der Waals surface area (Å²) < 4.78 is 0. The molecule has 6 nitrogen and oxygen atoms in total. The number of nitrogens with one attached hydrogen (secondary N) is 1. The van der Waals surface area contributed by atoms with Crippen LogP contribution >= 0.6 is 0 Å². The minimum Gasteiger partial charge on any atom is -0.351 e. The quantitative estimate of drug-likeness (QED) is 0.346. The lowest BCUT2D eigenvalue weighted by atomic mass is 9.93. The van der Waals surface area contributed by atoms with Gasteiger partial charge in [-0.1, -0.05) is 54.6 Å². The van der Waals surface area contributed by atoms with Crippen LogP contribution < -0.4 is 16.0 Å². The second kappa shape index (κ2) is 10.1. The minimum atomic E-state index is -0.356. The summed E-state index contributed by atoms with van der Waals surface area (Å²) in [5.41, 5.74) is 12.8. The SMILES string of the molecule is C[C@@H](Cc1cccc(C(C)(C)N)c1)Nc1nccc(N2CCCc3cnc(-c4ccccc4)cc32)n1. The molecule has 36 heavy (non-hydrogen) atoms. The molecule has 0 fully saturated rings. The molecule has 1 atom stereocenters. The van der Waals surface area contributed by atoms with Crippen LogP contribution in [0.15, 0.2) is 79.1 Å². The van der Waals surface area contributed by atoms with Gasteiger partial charge in [-0.2, -0.15) is 4.98 Å². The molecule has 0 unspecified atom stereocenters. The van der Waals surface area contributed by atoms with E-state index >= 15 is 0 Å². The van der Waals surface area contributed by atoms with E-state index in [0.717, 1.165) is 48.4 Å². The number of hydrogen-bond acceptors (Lipinski definition) is 6. The third kappa shape index (κ3) is 5.39. The summed E-state index contributed by atoms with van der Waals surface area (Å²) in [7, 11) is 0. The highest BCUT2D eigenvalue weighted by Crippen LogP contribution is 2.35. The van der Waals surface area contributed by atoms with Crippen LogP contribution in [0.25, 0.3) is 11.3 Å². The highest BCUT2D eigenvalue weighted by molar-refractivity contribution is 5.72. The number of aryl methyl sites for hydroxylation is 1. The second-order valence-corrected chi connectivity index (χ2v) is 10.2. The van der Waals surface area contributed by atoms with Gasteiger partial charge in [-0.05, 0) is 68.9 Å². The number of pyridine rings is 1. The Bertz CT molecular complexity index is 1330. The first-order valence-electron chi connectivity index (χ1n) is 12.7. The average molecular weight is 479 g/mol. The first-order valence-corrected chi connectivity index (χ1v) is 12.7. The molecule has 2 aromatic heterocycles. The topological polar surface area (TPSA) is 80.0 Å². The van der Waals surface area contributed by atoms with E-state index in [0.29, 0.717) is 5.95 Å². The van der Waals surface area contributed by atoms with Crippen LogP contribution in [0, 0.1) is 0 Å². The fraction of sp³-hybridized carbons (Fsp3) is 0.300. The summed E-state index contributed by atoms with van der Waals surface area (Å²) in [6.07, 6.45) is 6.80. The minimum absolute atomic E-state index is 0.166. The summed E-state index contributed by atoms with van der Waals surface area (Å²) in [4.78, 5) is 16.4. The Kier molecular flexibility index (Phi) is 6.70. The standard InChI is InChI=1S/C30H34N6/c1-21(17-22-9-7-13-25(18-22)30(2,3)31)34-29-32-15-14-28(35-29)36-16-8-12-24-20-33-26(19-27(24)36)23-10-5-4-6-11-23/h4-7,9-11,13-15,18-21H,8,12,16-17,31H2,1-3H3,(H,32,34,35)/t21-/m0/s1. The molecule has 0 saturated carbocycles. The fourth-order valence-electron chi connectivity index (χ4n) is 4.76. The lowest BCUT2D eigenvalue weighted by molar-refractivity contribution is 0.553. The third-order valence-corrected chi connectivity index (χ3v) is 6.66. The van der Waals surface area contributed by atoms with E-state index in [1.165, 1.54) is 16.8 Å². The maximum absolute atomic E-state index is 6.30. The molecule has 5 rings (SSSR count). The zero-order valence-electron chi connectivity index (χ0n) is 21.3. The van der Waals surface area contributed by atoms with Gasteiger partial charge in [-0.3, -0.25) is 4.98 Å². The summed E-state index contributed by atoms with van der Waals surface area (Å²) in [6, 6.07) is 23.2. The van der Waals surface area contributed by atoms with Gasteiger partial charge < -0.3 is 16.0 Å². The predicted molar refractivity (Wildman–Crippen MR) is 147 cm³/mol. The van der Waals surface area contributed by atoms with E-state index < -0.39 is 0 Å². The van der Waals surface area contributed by atoms with Crippen molar-refractivity contribution in [3.05, 3.63) is 95.8 Å². The number of anilines is 3. The van der Waals surface area contributed by atoms with E-state index in [9.17, 15) is 0 Å². The number of nitrogens with zero attached hydrogens (tertiary/aromatic N) is 4. The second-order valence-electron chi connectivity index (χ2n) is 10.2. The van der Waals surface area contributed by atoms with Crippen molar-refractivity contribution in [1.82, 2.24) is 15.0 Å². The number of fused-ring (bicyclic) bond motifs is 1. The molecular formula is C30H34N6. The van der Waals surface area contributed by atoms with Gasteiger partial charge in [0.15, 0.2) is 0 Å². The zero-order chi connectivity index (χ0) is 25.1. The van der Waals surface area contributed by atoms with Crippen LogP contribution in [0.5, 0.6) is 0 Å². The summed E-state index contributed by atoms with van der Waals surface area (Å²) in [5.74, 6) is 1.54. The molecule has 4 aromatic rings. The number of aromatic nitrogens is 3. The number of hydrogen-bond donors (Lipinski definition) is 2. The van der Waals surface area contributed by atoms with Gasteiger partial charge >= 0.3 is 0 Å². The van der Waals surface area contributed by atoms with E-state index in [2.05, 4.69) is 64.6 Å². The Labute approximate surface area is 213 Å². The Balaban J connectivity index is 1.35. The van der Waals surface area contributed by atoms with Crippen LogP contribution in [0.2, 0.25) is 0 Å². The lowest BCUT2D eigenvalue weighted by Crippen LogP contribution is -2.29. The van der Waals surface area contributed by atoms with Crippen molar-refractivity contribution < 1.29 is 0 Å². The molecule has 0 radical (unpaired) electrons. The van der Waals surface area contributed by atoms with E-state index in [4.69, 9.17) is 15.7 Å². The van der Waals surface area contributed by atoms with Crippen LogP contribution in [-0.4, -0.2) is 27.5 Å². The Morgan fingerprint density at radius 3 is 2.67 bits per heavy atom.